The molecule has 3 aromatic heterocycles. The fourth-order valence-electron chi connectivity index (χ4n) is 3.20. The molecule has 1 fully saturated rings. The molecule has 1 aliphatic heterocycles. The molecule has 0 unspecified atom stereocenters. The Morgan fingerprint density at radius 1 is 1.08 bits per heavy atom. The molecule has 0 saturated carbocycles. The van der Waals surface area contributed by atoms with Crippen molar-refractivity contribution in [3.8, 4) is 5.82 Å². The summed E-state index contributed by atoms with van der Waals surface area (Å²) >= 11 is 0. The Morgan fingerprint density at radius 2 is 1.85 bits per heavy atom. The highest BCUT2D eigenvalue weighted by atomic mass is 15.3. The average Bonchev–Trinajstić information content (AvgIpc) is 3.22. The zero-order valence-corrected chi connectivity index (χ0v) is 14.5. The van der Waals surface area contributed by atoms with Crippen molar-refractivity contribution in [2.24, 2.45) is 0 Å². The number of rotatable bonds is 5. The molecule has 0 radical (unpaired) electrons. The van der Waals surface area contributed by atoms with E-state index in [0.717, 1.165) is 38.3 Å². The van der Waals surface area contributed by atoms with Gasteiger partial charge in [-0.15, -0.1) is 0 Å². The summed E-state index contributed by atoms with van der Waals surface area (Å²) in [6, 6.07) is 8.39. The van der Waals surface area contributed by atoms with Crippen LogP contribution in [0.2, 0.25) is 0 Å². The lowest BCUT2D eigenvalue weighted by molar-refractivity contribution is 0.412. The lowest BCUT2D eigenvalue weighted by Crippen LogP contribution is -2.42. The van der Waals surface area contributed by atoms with Crippen LogP contribution in [0.1, 0.15) is 18.4 Å². The molecule has 4 heterocycles. The summed E-state index contributed by atoms with van der Waals surface area (Å²) in [5.41, 5.74) is 7.16. The van der Waals surface area contributed by atoms with E-state index in [0.29, 0.717) is 11.9 Å². The maximum Gasteiger partial charge on any atom is 0.224 e. The maximum atomic E-state index is 5.90. The molecule has 1 saturated heterocycles. The van der Waals surface area contributed by atoms with Crippen molar-refractivity contribution in [2.75, 3.05) is 23.7 Å². The van der Waals surface area contributed by atoms with Gasteiger partial charge in [0.05, 0.1) is 0 Å². The number of aromatic nitrogens is 5. The van der Waals surface area contributed by atoms with E-state index >= 15 is 0 Å². The second-order valence-corrected chi connectivity index (χ2v) is 6.39. The third-order valence-corrected chi connectivity index (χ3v) is 4.62. The van der Waals surface area contributed by atoms with Gasteiger partial charge in [-0.2, -0.15) is 15.1 Å². The zero-order valence-electron chi connectivity index (χ0n) is 14.5. The first-order chi connectivity index (χ1) is 12.8. The lowest BCUT2D eigenvalue weighted by Gasteiger charge is -2.33. The Morgan fingerprint density at radius 3 is 2.58 bits per heavy atom. The largest absolute Gasteiger partial charge is 0.368 e. The summed E-state index contributed by atoms with van der Waals surface area (Å²) < 4.78 is 1.70. The molecular weight excluding hydrogens is 328 g/mol. The predicted octanol–water partition coefficient (Wildman–Crippen LogP) is 1.40. The first-order valence-corrected chi connectivity index (χ1v) is 8.80. The van der Waals surface area contributed by atoms with E-state index in [1.807, 2.05) is 42.9 Å². The number of hydrogen-bond acceptors (Lipinski definition) is 7. The molecule has 0 aliphatic carbocycles. The number of hydrogen-bond donors (Lipinski definition) is 2. The first-order valence-electron chi connectivity index (χ1n) is 8.80. The molecule has 0 aromatic carbocycles. The third kappa shape index (κ3) is 3.80. The summed E-state index contributed by atoms with van der Waals surface area (Å²) in [6.45, 7) is 2.74. The van der Waals surface area contributed by atoms with Crippen LogP contribution in [-0.2, 0) is 6.54 Å². The Labute approximate surface area is 152 Å². The molecule has 0 spiro atoms. The molecule has 3 N–H and O–H groups in total. The standard InChI is InChI=1S/C18H22N8/c19-18-23-16(12-17(24-18)26-9-1-6-22-26)25-10-4-15(5-11-25)21-13-14-2-7-20-8-3-14/h1-3,6-9,12,15,21H,4-5,10-11,13H2,(H2,19,23,24). The zero-order chi connectivity index (χ0) is 17.8. The molecule has 8 nitrogen and oxygen atoms in total. The van der Waals surface area contributed by atoms with E-state index in [1.54, 1.807) is 10.9 Å². The van der Waals surface area contributed by atoms with Crippen LogP contribution in [0.15, 0.2) is 49.1 Å². The Bertz CT molecular complexity index is 826. The predicted molar refractivity (Wildman–Crippen MR) is 99.9 cm³/mol. The Balaban J connectivity index is 1.37. The minimum Gasteiger partial charge on any atom is -0.368 e. The van der Waals surface area contributed by atoms with Gasteiger partial charge in [-0.3, -0.25) is 4.98 Å². The van der Waals surface area contributed by atoms with E-state index in [1.165, 1.54) is 5.56 Å². The van der Waals surface area contributed by atoms with E-state index in [9.17, 15) is 0 Å². The molecule has 8 heteroatoms. The molecule has 0 atom stereocenters. The van der Waals surface area contributed by atoms with Gasteiger partial charge in [0.15, 0.2) is 5.82 Å². The van der Waals surface area contributed by atoms with Gasteiger partial charge in [0.2, 0.25) is 5.95 Å². The minimum atomic E-state index is 0.269. The van der Waals surface area contributed by atoms with Gasteiger partial charge in [-0.1, -0.05) is 0 Å². The van der Waals surface area contributed by atoms with Crippen molar-refractivity contribution in [3.63, 3.8) is 0 Å². The Hall–Kier alpha value is -3.00. The van der Waals surface area contributed by atoms with Crippen molar-refractivity contribution in [2.45, 2.75) is 25.4 Å². The fourth-order valence-corrected chi connectivity index (χ4v) is 3.20. The van der Waals surface area contributed by atoms with Crippen LogP contribution in [-0.4, -0.2) is 43.9 Å². The average molecular weight is 350 g/mol. The number of nitrogens with zero attached hydrogens (tertiary/aromatic N) is 6. The van der Waals surface area contributed by atoms with Gasteiger partial charge in [0.1, 0.15) is 5.82 Å². The monoisotopic (exact) mass is 350 g/mol. The van der Waals surface area contributed by atoms with Gasteiger partial charge in [0.25, 0.3) is 0 Å². The normalized spacial score (nSPS) is 15.3. The topological polar surface area (TPSA) is 97.8 Å². The second kappa shape index (κ2) is 7.49. The number of nitrogens with two attached hydrogens (primary N) is 1. The van der Waals surface area contributed by atoms with Crippen molar-refractivity contribution >= 4 is 11.8 Å². The smallest absolute Gasteiger partial charge is 0.224 e. The summed E-state index contributed by atoms with van der Waals surface area (Å²) in [5.74, 6) is 1.82. The number of pyridine rings is 1. The highest BCUT2D eigenvalue weighted by Crippen LogP contribution is 2.21. The van der Waals surface area contributed by atoms with Gasteiger partial charge < -0.3 is 16.0 Å². The van der Waals surface area contributed by atoms with E-state index in [2.05, 4.69) is 30.3 Å². The molecule has 3 aromatic rings. The van der Waals surface area contributed by atoms with Gasteiger partial charge in [0, 0.05) is 56.5 Å². The second-order valence-electron chi connectivity index (χ2n) is 6.39. The molecule has 1 aliphatic rings. The minimum absolute atomic E-state index is 0.269. The highest BCUT2D eigenvalue weighted by Gasteiger charge is 2.21. The molecule has 134 valence electrons. The van der Waals surface area contributed by atoms with Crippen LogP contribution in [0.5, 0.6) is 0 Å². The summed E-state index contributed by atoms with van der Waals surface area (Å²) in [6.07, 6.45) is 9.35. The van der Waals surface area contributed by atoms with Crippen LogP contribution in [0.25, 0.3) is 5.82 Å². The van der Waals surface area contributed by atoms with Crippen LogP contribution < -0.4 is 16.0 Å². The molecule has 0 bridgehead atoms. The number of anilines is 2. The van der Waals surface area contributed by atoms with Crippen LogP contribution in [0.4, 0.5) is 11.8 Å². The van der Waals surface area contributed by atoms with Crippen molar-refractivity contribution in [1.82, 2.24) is 30.0 Å². The van der Waals surface area contributed by atoms with Crippen LogP contribution in [0.3, 0.4) is 0 Å². The third-order valence-electron chi connectivity index (χ3n) is 4.62. The SMILES string of the molecule is Nc1nc(N2CCC(NCc3ccncc3)CC2)cc(-n2cccn2)n1. The highest BCUT2D eigenvalue weighted by molar-refractivity contribution is 5.48. The summed E-state index contributed by atoms with van der Waals surface area (Å²) in [5, 5.41) is 7.85. The van der Waals surface area contributed by atoms with Crippen LogP contribution >= 0.6 is 0 Å². The van der Waals surface area contributed by atoms with Gasteiger partial charge in [-0.25, -0.2) is 4.68 Å². The summed E-state index contributed by atoms with van der Waals surface area (Å²) in [7, 11) is 0. The van der Waals surface area contributed by atoms with E-state index < -0.39 is 0 Å². The molecular formula is C18H22N8. The van der Waals surface area contributed by atoms with Crippen molar-refractivity contribution < 1.29 is 0 Å². The van der Waals surface area contributed by atoms with Gasteiger partial charge >= 0.3 is 0 Å². The molecule has 26 heavy (non-hydrogen) atoms. The van der Waals surface area contributed by atoms with Crippen molar-refractivity contribution in [1.29, 1.82) is 0 Å². The van der Waals surface area contributed by atoms with Crippen molar-refractivity contribution in [3.05, 3.63) is 54.6 Å². The first kappa shape index (κ1) is 16.5. The van der Waals surface area contributed by atoms with E-state index in [-0.39, 0.29) is 5.95 Å². The number of piperidine rings is 1. The Kier molecular flexibility index (Phi) is 4.74. The fraction of sp³-hybridized carbons (Fsp3) is 0.333. The summed E-state index contributed by atoms with van der Waals surface area (Å²) in [4.78, 5) is 15.0. The number of nitrogen functional groups attached to an aromatic ring is 1. The molecule has 0 amide bonds. The van der Waals surface area contributed by atoms with E-state index in [4.69, 9.17) is 5.73 Å². The quantitative estimate of drug-likeness (QED) is 0.718. The maximum absolute atomic E-state index is 5.90. The lowest BCUT2D eigenvalue weighted by atomic mass is 10.0. The number of nitrogens with one attached hydrogen (secondary N) is 1. The van der Waals surface area contributed by atoms with Crippen LogP contribution in [0, 0.1) is 0 Å². The molecule has 4 rings (SSSR count). The van der Waals surface area contributed by atoms with Gasteiger partial charge in [-0.05, 0) is 36.6 Å².